The second-order valence-electron chi connectivity index (χ2n) is 20.4. The van der Waals surface area contributed by atoms with E-state index in [4.69, 9.17) is 42.3 Å². The van der Waals surface area contributed by atoms with Gasteiger partial charge in [-0.3, -0.25) is 19.2 Å². The van der Waals surface area contributed by atoms with Crippen molar-refractivity contribution >= 4 is 29.8 Å². The second-order valence-corrected chi connectivity index (χ2v) is 20.4. The van der Waals surface area contributed by atoms with Crippen molar-refractivity contribution in [3.8, 4) is 0 Å². The van der Waals surface area contributed by atoms with Crippen molar-refractivity contribution in [1.82, 2.24) is 0 Å². The monoisotopic (exact) mass is 856 g/mol. The lowest BCUT2D eigenvalue weighted by atomic mass is 9.31. The van der Waals surface area contributed by atoms with Gasteiger partial charge in [0.15, 0.2) is 35.1 Å². The molecular weight excluding hydrogens is 800 g/mol. The molecule has 1 aromatic heterocycles. The van der Waals surface area contributed by atoms with Gasteiger partial charge in [0.25, 0.3) is 5.97 Å². The summed E-state index contributed by atoms with van der Waals surface area (Å²) in [6.07, 6.45) is -6.62. The molecule has 61 heavy (non-hydrogen) atoms. The van der Waals surface area contributed by atoms with Crippen molar-refractivity contribution < 1.29 is 81.6 Å². The third-order valence-electron chi connectivity index (χ3n) is 15.8. The zero-order valence-electron chi connectivity index (χ0n) is 36.3. The van der Waals surface area contributed by atoms with Gasteiger partial charge in [-0.15, -0.1) is 0 Å². The summed E-state index contributed by atoms with van der Waals surface area (Å²) in [5.41, 5.74) is -14.7. The molecule has 17 heteroatoms. The lowest BCUT2D eigenvalue weighted by Gasteiger charge is -2.79. The first-order chi connectivity index (χ1) is 28.3. The Morgan fingerprint density at radius 3 is 2.05 bits per heavy atom. The molecule has 8 aliphatic rings. The summed E-state index contributed by atoms with van der Waals surface area (Å²) in [6, 6.07) is 1.52. The van der Waals surface area contributed by atoms with Crippen molar-refractivity contribution in [3.63, 3.8) is 0 Å². The average Bonchev–Trinajstić information content (AvgIpc) is 3.88. The van der Waals surface area contributed by atoms with E-state index in [0.717, 1.165) is 0 Å². The molecule has 4 spiro atoms. The molecule has 1 aromatic rings. The van der Waals surface area contributed by atoms with Crippen LogP contribution < -0.4 is 0 Å². The molecule has 1 unspecified atom stereocenters. The Kier molecular flexibility index (Phi) is 8.72. The number of furan rings is 1. The van der Waals surface area contributed by atoms with E-state index in [1.54, 1.807) is 69.2 Å². The Hall–Kier alpha value is -4.03. The maximum atomic E-state index is 15.2. The van der Waals surface area contributed by atoms with Gasteiger partial charge < -0.3 is 57.6 Å². The smallest absolute Gasteiger partial charge is 0.338 e. The van der Waals surface area contributed by atoms with E-state index in [9.17, 15) is 34.5 Å². The predicted molar refractivity (Wildman–Crippen MR) is 203 cm³/mol. The Morgan fingerprint density at radius 1 is 0.852 bits per heavy atom. The molecule has 15 atom stereocenters. The molecule has 3 N–H and O–H groups in total. The quantitative estimate of drug-likeness (QED) is 0.139. The van der Waals surface area contributed by atoms with E-state index in [1.807, 2.05) is 0 Å². The van der Waals surface area contributed by atoms with Crippen molar-refractivity contribution in [2.24, 2.45) is 51.8 Å². The van der Waals surface area contributed by atoms with Gasteiger partial charge in [0.05, 0.1) is 52.8 Å². The molecule has 334 valence electrons. The fourth-order valence-electron chi connectivity index (χ4n) is 13.7. The Bertz CT molecular complexity index is 2140. The van der Waals surface area contributed by atoms with Crippen molar-refractivity contribution in [1.29, 1.82) is 0 Å². The molecular formula is C44H56O17. The molecule has 9 rings (SSSR count). The van der Waals surface area contributed by atoms with Gasteiger partial charge >= 0.3 is 29.8 Å². The summed E-state index contributed by atoms with van der Waals surface area (Å²) in [6.45, 7) is 17.1. The van der Waals surface area contributed by atoms with Crippen LogP contribution >= 0.6 is 0 Å². The van der Waals surface area contributed by atoms with E-state index < -0.39 is 158 Å². The Balaban J connectivity index is 1.51. The molecule has 8 fully saturated rings. The molecule has 4 aliphatic heterocycles. The van der Waals surface area contributed by atoms with Crippen LogP contribution in [0.3, 0.4) is 0 Å². The summed E-state index contributed by atoms with van der Waals surface area (Å²) >= 11 is 0. The number of aliphatic hydroxyl groups excluding tert-OH is 2. The summed E-state index contributed by atoms with van der Waals surface area (Å²) < 4.78 is 59.6. The van der Waals surface area contributed by atoms with E-state index >= 15 is 4.79 Å². The van der Waals surface area contributed by atoms with Crippen molar-refractivity contribution in [2.75, 3.05) is 6.61 Å². The number of aliphatic hydroxyl groups is 3. The first-order valence-corrected chi connectivity index (χ1v) is 21.3. The number of rotatable bonds is 9. The normalized spacial score (nSPS) is 47.2. The highest BCUT2D eigenvalue weighted by molar-refractivity contribution is 5.93. The fraction of sp³-hybridized carbons (Fsp3) is 0.750. The number of allylic oxidation sites excluding steroid dienone is 1. The van der Waals surface area contributed by atoms with E-state index in [0.29, 0.717) is 0 Å². The molecule has 0 amide bonds. The van der Waals surface area contributed by atoms with Crippen LogP contribution in [0.15, 0.2) is 34.3 Å². The molecule has 4 aliphatic carbocycles. The van der Waals surface area contributed by atoms with Gasteiger partial charge in [0.1, 0.15) is 24.1 Å². The standard InChI is InChI=1S/C44H56O17/c1-18(2)26(46)25-27-38(10,28(22-12-13-53-15-22)55-31(47)19(3)4)29(56-32(48)20(5)6)30(57-33(49)21(7)8)44-40-17-54-24(45)14-23(40)37(9)16-41(40)42(52,35(37)51)36(58-34(25)50)43(27,44)60-39(11,59-41)61-44/h12-13,15,18-21,23,27-30,35-36,46,51-52H,14,16-17H2,1-11H3/b26-25+/t23-,27+,28+,29-,30+,35-,36+,37+,38+,39?,40+,41+,42-,43+,44-/m0/s1. The molecule has 17 nitrogen and oxygen atoms in total. The highest BCUT2D eigenvalue weighted by Gasteiger charge is 3.08. The van der Waals surface area contributed by atoms with Gasteiger partial charge in [-0.05, 0) is 18.4 Å². The summed E-state index contributed by atoms with van der Waals surface area (Å²) in [5.74, 6) is -12.5. The number of ether oxygens (including phenoxy) is 8. The molecule has 4 saturated carbocycles. The molecule has 0 aromatic carbocycles. The zero-order valence-corrected chi connectivity index (χ0v) is 36.3. The number of fused-ring (bicyclic) bond motifs is 4. The number of hydrogen-bond acceptors (Lipinski definition) is 17. The molecule has 0 radical (unpaired) electrons. The Morgan fingerprint density at radius 2 is 1.48 bits per heavy atom. The van der Waals surface area contributed by atoms with Crippen LogP contribution in [0.25, 0.3) is 0 Å². The van der Waals surface area contributed by atoms with E-state index in [1.165, 1.54) is 25.5 Å². The number of carbonyl (C=O) groups excluding carboxylic acids is 5. The minimum absolute atomic E-state index is 0.125. The van der Waals surface area contributed by atoms with Crippen LogP contribution in [-0.4, -0.2) is 105 Å². The third-order valence-corrected chi connectivity index (χ3v) is 15.8. The van der Waals surface area contributed by atoms with Crippen LogP contribution in [0.4, 0.5) is 0 Å². The first-order valence-electron chi connectivity index (χ1n) is 21.3. The minimum atomic E-state index is -2.56. The number of cyclic esters (lactones) is 1. The second kappa shape index (κ2) is 12.6. The maximum absolute atomic E-state index is 15.2. The van der Waals surface area contributed by atoms with Crippen LogP contribution in [0, 0.1) is 51.8 Å². The molecule has 4 bridgehead atoms. The van der Waals surface area contributed by atoms with Crippen LogP contribution in [0.2, 0.25) is 0 Å². The summed E-state index contributed by atoms with van der Waals surface area (Å²) in [4.78, 5) is 71.7. The predicted octanol–water partition coefficient (Wildman–Crippen LogP) is 3.73. The van der Waals surface area contributed by atoms with E-state index in [-0.39, 0.29) is 18.4 Å². The van der Waals surface area contributed by atoms with Crippen molar-refractivity contribution in [2.45, 2.75) is 148 Å². The van der Waals surface area contributed by atoms with Crippen LogP contribution in [0.5, 0.6) is 0 Å². The van der Waals surface area contributed by atoms with E-state index in [2.05, 4.69) is 0 Å². The summed E-state index contributed by atoms with van der Waals surface area (Å²) in [5, 5.41) is 38.9. The average molecular weight is 857 g/mol. The zero-order chi connectivity index (χ0) is 44.6. The fourth-order valence-corrected chi connectivity index (χ4v) is 13.7. The first kappa shape index (κ1) is 42.3. The van der Waals surface area contributed by atoms with Gasteiger partial charge in [-0.25, -0.2) is 4.79 Å². The Labute approximate surface area is 352 Å². The topological polar surface area (TPSA) is 233 Å². The number of esters is 5. The molecule has 5 heterocycles. The van der Waals surface area contributed by atoms with Gasteiger partial charge in [-0.1, -0.05) is 69.2 Å². The van der Waals surface area contributed by atoms with Crippen LogP contribution in [-0.2, 0) is 61.9 Å². The highest BCUT2D eigenvalue weighted by atomic mass is 16.9. The number of carbonyl (C=O) groups is 5. The summed E-state index contributed by atoms with van der Waals surface area (Å²) in [7, 11) is 0. The highest BCUT2D eigenvalue weighted by Crippen LogP contribution is 2.90. The molecule has 4 saturated heterocycles. The lowest BCUT2D eigenvalue weighted by Crippen LogP contribution is -2.99. The third kappa shape index (κ3) is 4.47. The lowest BCUT2D eigenvalue weighted by molar-refractivity contribution is -0.499. The van der Waals surface area contributed by atoms with Gasteiger partial charge in [0.2, 0.25) is 0 Å². The largest absolute Gasteiger partial charge is 0.511 e. The maximum Gasteiger partial charge on any atom is 0.338 e. The van der Waals surface area contributed by atoms with Crippen molar-refractivity contribution in [3.05, 3.63) is 35.5 Å². The van der Waals surface area contributed by atoms with Crippen LogP contribution in [0.1, 0.15) is 101 Å². The SMILES string of the molecule is CC(C)C(=O)O[C@H](c1ccoc1)[C@@]1(C)[C@H]2/C(=C(\O)C(C)C)C(=O)O[C@@H]3[C@@]4(O)[C@@H](O)[C@]5(C)C[C@]46OC4(C)O[C@]23[C@](O4)([C@H](OC(=O)C(C)C)[C@@H]1OC(=O)C(C)C)[C@@]61COC(=O)C[C@@H]51. The van der Waals surface area contributed by atoms with Gasteiger partial charge in [0, 0.05) is 36.2 Å². The minimum Gasteiger partial charge on any atom is -0.511 e. The number of hydrogen-bond donors (Lipinski definition) is 3. The van der Waals surface area contributed by atoms with Gasteiger partial charge in [-0.2, -0.15) is 0 Å².